The van der Waals surface area contributed by atoms with Gasteiger partial charge in [-0.15, -0.1) is 0 Å². The van der Waals surface area contributed by atoms with Gasteiger partial charge in [0.25, 0.3) is 0 Å². The van der Waals surface area contributed by atoms with Gasteiger partial charge in [-0.1, -0.05) is 44.2 Å². The lowest BCUT2D eigenvalue weighted by Crippen LogP contribution is -2.11. The van der Waals surface area contributed by atoms with E-state index in [1.807, 2.05) is 6.07 Å². The van der Waals surface area contributed by atoms with Gasteiger partial charge in [0.15, 0.2) is 5.76 Å². The maximum absolute atomic E-state index is 11.6. The van der Waals surface area contributed by atoms with Crippen LogP contribution in [0.15, 0.2) is 38.4 Å². The number of unbranched alkanes of at least 4 members (excludes halogenated alkanes) is 5. The molecular formula is C20H23N3O5. The molecule has 2 heterocycles. The van der Waals surface area contributed by atoms with Gasteiger partial charge in [0.2, 0.25) is 0 Å². The zero-order valence-electron chi connectivity index (χ0n) is 15.7. The van der Waals surface area contributed by atoms with Crippen molar-refractivity contribution < 1.29 is 14.4 Å². The first-order valence-corrected chi connectivity index (χ1v) is 9.49. The number of nitrogens with zero attached hydrogens (tertiary/aromatic N) is 2. The molecule has 0 aliphatic carbocycles. The number of benzene rings is 1. The van der Waals surface area contributed by atoms with E-state index in [9.17, 15) is 19.5 Å². The van der Waals surface area contributed by atoms with Crippen molar-refractivity contribution in [3.8, 4) is 11.3 Å². The number of hydrogen-bond acceptors (Lipinski definition) is 6. The molecule has 3 aromatic rings. The highest BCUT2D eigenvalue weighted by Crippen LogP contribution is 2.26. The van der Waals surface area contributed by atoms with Gasteiger partial charge in [0.05, 0.1) is 16.9 Å². The minimum absolute atomic E-state index is 0.0705. The number of carboxylic acid groups (broad SMARTS) is 1. The molecule has 0 radical (unpaired) electrons. The van der Waals surface area contributed by atoms with E-state index in [0.717, 1.165) is 29.6 Å². The van der Waals surface area contributed by atoms with Crippen LogP contribution in [-0.4, -0.2) is 20.9 Å². The molecule has 28 heavy (non-hydrogen) atoms. The molecule has 8 nitrogen and oxygen atoms in total. The van der Waals surface area contributed by atoms with Crippen LogP contribution in [0, 0.1) is 0 Å². The minimum atomic E-state index is -1.18. The van der Waals surface area contributed by atoms with Crippen LogP contribution in [0.1, 0.15) is 61.5 Å². The maximum atomic E-state index is 11.6. The second kappa shape index (κ2) is 8.69. The summed E-state index contributed by atoms with van der Waals surface area (Å²) in [4.78, 5) is 33.7. The van der Waals surface area contributed by atoms with E-state index in [2.05, 4.69) is 17.5 Å². The Morgan fingerprint density at radius 1 is 1.11 bits per heavy atom. The summed E-state index contributed by atoms with van der Waals surface area (Å²) in [6.45, 7) is 2.19. The first kappa shape index (κ1) is 19.6. The van der Waals surface area contributed by atoms with E-state index in [1.165, 1.54) is 37.8 Å². The fraction of sp³-hybridized carbons (Fsp3) is 0.400. The third-order valence-electron chi connectivity index (χ3n) is 4.65. The first-order chi connectivity index (χ1) is 13.5. The maximum Gasteiger partial charge on any atom is 0.340 e. The second-order valence-corrected chi connectivity index (χ2v) is 6.82. The van der Waals surface area contributed by atoms with Crippen LogP contribution in [0.2, 0.25) is 0 Å². The largest absolute Gasteiger partial charge is 0.478 e. The minimum Gasteiger partial charge on any atom is -0.478 e. The number of nitrogens with one attached hydrogen (secondary N) is 1. The molecule has 148 valence electrons. The first-order valence-electron chi connectivity index (χ1n) is 9.49. The van der Waals surface area contributed by atoms with Gasteiger partial charge in [0, 0.05) is 11.6 Å². The molecule has 0 amide bonds. The fourth-order valence-corrected chi connectivity index (χ4v) is 2.98. The second-order valence-electron chi connectivity index (χ2n) is 6.82. The van der Waals surface area contributed by atoms with Crippen molar-refractivity contribution in [2.45, 2.75) is 51.9 Å². The topological polar surface area (TPSA) is 114 Å². The van der Waals surface area contributed by atoms with Crippen LogP contribution in [0.25, 0.3) is 11.3 Å². The highest BCUT2D eigenvalue weighted by atomic mass is 16.5. The molecule has 0 aliphatic heterocycles. The van der Waals surface area contributed by atoms with Crippen LogP contribution in [0.3, 0.4) is 0 Å². The van der Waals surface area contributed by atoms with Crippen molar-refractivity contribution in [1.29, 1.82) is 0 Å². The van der Waals surface area contributed by atoms with Crippen molar-refractivity contribution in [2.24, 2.45) is 0 Å². The van der Waals surface area contributed by atoms with Crippen molar-refractivity contribution in [1.82, 2.24) is 9.83 Å². The number of aromatic nitrogens is 2. The smallest absolute Gasteiger partial charge is 0.340 e. The van der Waals surface area contributed by atoms with Crippen LogP contribution in [0.5, 0.6) is 0 Å². The number of aromatic carboxylic acids is 1. The van der Waals surface area contributed by atoms with Gasteiger partial charge in [0.1, 0.15) is 0 Å². The summed E-state index contributed by atoms with van der Waals surface area (Å²) in [5, 5.41) is 13.5. The molecule has 0 bridgehead atoms. The molecule has 0 saturated heterocycles. The Morgan fingerprint density at radius 3 is 2.50 bits per heavy atom. The van der Waals surface area contributed by atoms with E-state index in [0.29, 0.717) is 11.3 Å². The van der Waals surface area contributed by atoms with Crippen LogP contribution in [-0.2, 0) is 6.42 Å². The molecule has 3 rings (SSSR count). The lowest BCUT2D eigenvalue weighted by molar-refractivity contribution is 0.0698. The van der Waals surface area contributed by atoms with Crippen LogP contribution < -0.4 is 16.5 Å². The SMILES string of the molecule is CCCCCCCCc1cc(-c2ccc(Nn3c(=O)c3=O)c(C(=O)O)c2)on1. The molecule has 0 fully saturated rings. The summed E-state index contributed by atoms with van der Waals surface area (Å²) in [6.07, 6.45) is 7.98. The predicted octanol–water partition coefficient (Wildman–Crippen LogP) is 3.22. The van der Waals surface area contributed by atoms with Crippen molar-refractivity contribution >= 4 is 11.7 Å². The molecule has 0 aliphatic rings. The zero-order valence-corrected chi connectivity index (χ0v) is 15.7. The van der Waals surface area contributed by atoms with E-state index in [4.69, 9.17) is 4.52 Å². The Balaban J connectivity index is 1.66. The fourth-order valence-electron chi connectivity index (χ4n) is 2.98. The Labute approximate surface area is 161 Å². The Morgan fingerprint density at radius 2 is 1.82 bits per heavy atom. The summed E-state index contributed by atoms with van der Waals surface area (Å²) < 4.78 is 6.12. The summed E-state index contributed by atoms with van der Waals surface area (Å²) in [5.41, 5.74) is 2.59. The molecule has 1 aromatic carbocycles. The van der Waals surface area contributed by atoms with Crippen LogP contribution >= 0.6 is 0 Å². The van der Waals surface area contributed by atoms with Gasteiger partial charge in [-0.25, -0.2) is 4.79 Å². The highest BCUT2D eigenvalue weighted by molar-refractivity contribution is 5.95. The van der Waals surface area contributed by atoms with E-state index >= 15 is 0 Å². The molecule has 0 spiro atoms. The van der Waals surface area contributed by atoms with Gasteiger partial charge in [-0.3, -0.25) is 15.0 Å². The van der Waals surface area contributed by atoms with E-state index in [-0.39, 0.29) is 11.3 Å². The van der Waals surface area contributed by atoms with Gasteiger partial charge in [-0.05, 0) is 31.0 Å². The van der Waals surface area contributed by atoms with Crippen molar-refractivity contribution in [3.63, 3.8) is 0 Å². The number of anilines is 1. The lowest BCUT2D eigenvalue weighted by Gasteiger charge is -2.07. The number of rotatable bonds is 11. The average Bonchev–Trinajstić information content (AvgIpc) is 3.07. The Hall–Kier alpha value is -3.16. The summed E-state index contributed by atoms with van der Waals surface area (Å²) in [5.74, 6) is -0.702. The molecule has 0 saturated carbocycles. The third-order valence-corrected chi connectivity index (χ3v) is 4.65. The molecular weight excluding hydrogens is 362 g/mol. The van der Waals surface area contributed by atoms with Gasteiger partial charge >= 0.3 is 17.1 Å². The van der Waals surface area contributed by atoms with Gasteiger partial charge < -0.3 is 9.63 Å². The van der Waals surface area contributed by atoms with Crippen molar-refractivity contribution in [2.75, 3.05) is 5.43 Å². The summed E-state index contributed by atoms with van der Waals surface area (Å²) in [6, 6.07) is 6.39. The summed E-state index contributed by atoms with van der Waals surface area (Å²) in [7, 11) is 0. The number of carbonyl (C=O) groups is 1. The standard InChI is InChI=1S/C20H23N3O5/c1-2-3-4-5-6-7-8-14-12-17(28-22-14)13-9-10-16(15(11-13)20(26)27)21-23-18(24)19(23)25/h9-12,21H,2-8H2,1H3,(H,26,27). The van der Waals surface area contributed by atoms with Crippen LogP contribution in [0.4, 0.5) is 5.69 Å². The quantitative estimate of drug-likeness (QED) is 0.385. The Bertz CT molecular complexity index is 1000. The molecule has 2 aromatic heterocycles. The number of aryl methyl sites for hydroxylation is 1. The number of hydrogen-bond donors (Lipinski definition) is 2. The highest BCUT2D eigenvalue weighted by Gasteiger charge is 2.20. The molecule has 0 atom stereocenters. The summed E-state index contributed by atoms with van der Waals surface area (Å²) >= 11 is 0. The predicted molar refractivity (Wildman–Crippen MR) is 104 cm³/mol. The molecule has 0 unspecified atom stereocenters. The monoisotopic (exact) mass is 385 g/mol. The molecule has 2 N–H and O–H groups in total. The average molecular weight is 385 g/mol. The third kappa shape index (κ3) is 4.57. The molecule has 8 heteroatoms. The van der Waals surface area contributed by atoms with Crippen molar-refractivity contribution in [3.05, 3.63) is 56.2 Å². The van der Waals surface area contributed by atoms with E-state index in [1.54, 1.807) is 6.07 Å². The number of carboxylic acids is 1. The van der Waals surface area contributed by atoms with E-state index < -0.39 is 17.1 Å². The van der Waals surface area contributed by atoms with Gasteiger partial charge in [-0.2, -0.15) is 4.68 Å². The Kier molecular flexibility index (Phi) is 6.08. The zero-order chi connectivity index (χ0) is 20.1. The lowest BCUT2D eigenvalue weighted by atomic mass is 10.1. The normalized spacial score (nSPS) is 11.2.